The van der Waals surface area contributed by atoms with Crippen molar-refractivity contribution in [3.63, 3.8) is 0 Å². The third kappa shape index (κ3) is 4.21. The van der Waals surface area contributed by atoms with Crippen LogP contribution in [0.1, 0.15) is 18.4 Å². The zero-order valence-electron chi connectivity index (χ0n) is 7.99. The lowest BCUT2D eigenvalue weighted by Crippen LogP contribution is -1.96. The minimum absolute atomic E-state index is 0.248. The molecule has 0 N–H and O–H groups in total. The Bertz CT molecular complexity index is 346. The van der Waals surface area contributed by atoms with Crippen molar-refractivity contribution in [3.8, 4) is 11.8 Å². The monoisotopic (exact) mass is 204 g/mol. The van der Waals surface area contributed by atoms with Crippen LogP contribution in [0.3, 0.4) is 0 Å². The Morgan fingerprint density at radius 1 is 1.29 bits per heavy atom. The zero-order valence-corrected chi connectivity index (χ0v) is 9.15. The van der Waals surface area contributed by atoms with Gasteiger partial charge < -0.3 is 0 Å². The molecule has 0 bridgehead atoms. The molecule has 1 rings (SSSR count). The fraction of sp³-hybridized carbons (Fsp3) is 0.250. The van der Waals surface area contributed by atoms with Crippen molar-refractivity contribution < 1.29 is 4.79 Å². The van der Waals surface area contributed by atoms with Gasteiger partial charge in [0.15, 0.2) is 0 Å². The van der Waals surface area contributed by atoms with Crippen LogP contribution in [0.2, 0.25) is 0 Å². The topological polar surface area (TPSA) is 17.1 Å². The normalized spacial score (nSPS) is 8.93. The van der Waals surface area contributed by atoms with Gasteiger partial charge in [0.05, 0.1) is 0 Å². The van der Waals surface area contributed by atoms with E-state index in [0.717, 1.165) is 5.56 Å². The number of carbonyl (C=O) groups excluding carboxylic acids is 1. The number of benzene rings is 1. The van der Waals surface area contributed by atoms with Crippen molar-refractivity contribution >= 4 is 15.0 Å². The largest absolute Gasteiger partial charge is 0.299 e. The lowest BCUT2D eigenvalue weighted by atomic mass is 10.2. The van der Waals surface area contributed by atoms with Crippen LogP contribution in [0, 0.1) is 11.8 Å². The molecule has 0 spiro atoms. The van der Waals surface area contributed by atoms with E-state index >= 15 is 0 Å². The molecule has 0 saturated carbocycles. The van der Waals surface area contributed by atoms with Crippen molar-refractivity contribution in [2.45, 2.75) is 12.8 Å². The molecule has 0 fully saturated rings. The molecule has 0 aromatic heterocycles. The van der Waals surface area contributed by atoms with Gasteiger partial charge in [0.1, 0.15) is 5.78 Å². The Hall–Kier alpha value is -1.12. The first-order valence-corrected chi connectivity index (χ1v) is 5.40. The highest BCUT2D eigenvalue weighted by atomic mass is 31.0. The maximum atomic E-state index is 10.9. The summed E-state index contributed by atoms with van der Waals surface area (Å²) in [6.07, 6.45) is 1.75. The molecular weight excluding hydrogens is 191 g/mol. The predicted molar refractivity (Wildman–Crippen MR) is 62.1 cm³/mol. The van der Waals surface area contributed by atoms with Gasteiger partial charge in [0.2, 0.25) is 0 Å². The van der Waals surface area contributed by atoms with Crippen LogP contribution in [-0.4, -0.2) is 11.9 Å². The molecule has 14 heavy (non-hydrogen) atoms. The smallest absolute Gasteiger partial charge is 0.137 e. The SMILES string of the molecule is O=C(CP)CCC#Cc1ccccc1. The van der Waals surface area contributed by atoms with Gasteiger partial charge in [-0.25, -0.2) is 0 Å². The molecular formula is C12H13OP. The van der Waals surface area contributed by atoms with Crippen molar-refractivity contribution in [2.24, 2.45) is 0 Å². The maximum Gasteiger partial charge on any atom is 0.137 e. The summed E-state index contributed by atoms with van der Waals surface area (Å²) in [6.45, 7) is 0. The summed E-state index contributed by atoms with van der Waals surface area (Å²) in [5, 5.41) is 0. The molecule has 1 aromatic rings. The van der Waals surface area contributed by atoms with Crippen molar-refractivity contribution in [2.75, 3.05) is 6.16 Å². The van der Waals surface area contributed by atoms with E-state index in [-0.39, 0.29) is 5.78 Å². The average Bonchev–Trinajstić information content (AvgIpc) is 2.25. The molecule has 1 aromatic carbocycles. The summed E-state index contributed by atoms with van der Waals surface area (Å²) in [7, 11) is 2.43. The molecule has 0 aliphatic heterocycles. The summed E-state index contributed by atoms with van der Waals surface area (Å²) in [5.41, 5.74) is 1.01. The molecule has 0 saturated heterocycles. The molecule has 0 radical (unpaired) electrons. The van der Waals surface area contributed by atoms with Gasteiger partial charge in [0, 0.05) is 24.6 Å². The van der Waals surface area contributed by atoms with E-state index in [1.54, 1.807) is 0 Å². The summed E-state index contributed by atoms with van der Waals surface area (Å²) >= 11 is 0. The molecule has 0 aliphatic carbocycles. The van der Waals surface area contributed by atoms with Crippen LogP contribution in [-0.2, 0) is 4.79 Å². The molecule has 0 heterocycles. The second-order valence-electron chi connectivity index (χ2n) is 2.91. The van der Waals surface area contributed by atoms with Gasteiger partial charge in [-0.15, -0.1) is 9.24 Å². The highest BCUT2D eigenvalue weighted by Gasteiger charge is 1.94. The Kier molecular flexibility index (Phi) is 4.97. The van der Waals surface area contributed by atoms with E-state index in [1.165, 1.54) is 0 Å². The molecule has 72 valence electrons. The highest BCUT2D eigenvalue weighted by molar-refractivity contribution is 7.18. The lowest BCUT2D eigenvalue weighted by molar-refractivity contribution is -0.116. The van der Waals surface area contributed by atoms with Gasteiger partial charge >= 0.3 is 0 Å². The summed E-state index contributed by atoms with van der Waals surface area (Å²) < 4.78 is 0. The van der Waals surface area contributed by atoms with Crippen molar-refractivity contribution in [3.05, 3.63) is 35.9 Å². The summed E-state index contributed by atoms with van der Waals surface area (Å²) in [5.74, 6) is 6.25. The van der Waals surface area contributed by atoms with Gasteiger partial charge in [-0.3, -0.25) is 4.79 Å². The Balaban J connectivity index is 2.38. The minimum atomic E-state index is 0.248. The maximum absolute atomic E-state index is 10.9. The quantitative estimate of drug-likeness (QED) is 0.545. The molecule has 1 unspecified atom stereocenters. The second-order valence-corrected chi connectivity index (χ2v) is 3.32. The van der Waals surface area contributed by atoms with Crippen LogP contribution < -0.4 is 0 Å². The average molecular weight is 204 g/mol. The summed E-state index contributed by atoms with van der Waals surface area (Å²) in [4.78, 5) is 10.9. The van der Waals surface area contributed by atoms with Crippen LogP contribution in [0.15, 0.2) is 30.3 Å². The first kappa shape index (κ1) is 11.0. The van der Waals surface area contributed by atoms with Gasteiger partial charge in [-0.1, -0.05) is 30.0 Å². The zero-order chi connectivity index (χ0) is 10.2. The second kappa shape index (κ2) is 6.35. The van der Waals surface area contributed by atoms with Crippen LogP contribution in [0.25, 0.3) is 0 Å². The summed E-state index contributed by atoms with van der Waals surface area (Å²) in [6, 6.07) is 9.80. The van der Waals surface area contributed by atoms with E-state index in [2.05, 4.69) is 21.1 Å². The Labute approximate surface area is 87.1 Å². The first-order valence-electron chi connectivity index (χ1n) is 4.58. The van der Waals surface area contributed by atoms with Crippen LogP contribution in [0.5, 0.6) is 0 Å². The minimum Gasteiger partial charge on any atom is -0.299 e. The highest BCUT2D eigenvalue weighted by Crippen LogP contribution is 1.97. The van der Waals surface area contributed by atoms with Gasteiger partial charge in [-0.2, -0.15) is 0 Å². The number of hydrogen-bond donors (Lipinski definition) is 0. The fourth-order valence-corrected chi connectivity index (χ4v) is 1.19. The number of rotatable bonds is 3. The van der Waals surface area contributed by atoms with E-state index in [0.29, 0.717) is 19.0 Å². The lowest BCUT2D eigenvalue weighted by Gasteiger charge is -1.89. The van der Waals surface area contributed by atoms with E-state index in [4.69, 9.17) is 0 Å². The van der Waals surface area contributed by atoms with Gasteiger partial charge in [-0.05, 0) is 12.1 Å². The fourth-order valence-electron chi connectivity index (χ4n) is 0.990. The molecule has 2 heteroatoms. The molecule has 0 amide bonds. The molecule has 0 aliphatic rings. The predicted octanol–water partition coefficient (Wildman–Crippen LogP) is 2.26. The van der Waals surface area contributed by atoms with Crippen LogP contribution in [0.4, 0.5) is 0 Å². The van der Waals surface area contributed by atoms with Crippen molar-refractivity contribution in [1.29, 1.82) is 0 Å². The van der Waals surface area contributed by atoms with E-state index in [1.807, 2.05) is 30.3 Å². The number of Topliss-reactive ketones (excluding diaryl/α,β-unsaturated/α-hetero) is 1. The van der Waals surface area contributed by atoms with E-state index < -0.39 is 0 Å². The molecule has 1 nitrogen and oxygen atoms in total. The van der Waals surface area contributed by atoms with Gasteiger partial charge in [0.25, 0.3) is 0 Å². The number of hydrogen-bond acceptors (Lipinski definition) is 1. The molecule has 1 atom stereocenters. The third-order valence-electron chi connectivity index (χ3n) is 1.76. The first-order chi connectivity index (χ1) is 6.83. The van der Waals surface area contributed by atoms with Crippen LogP contribution >= 0.6 is 9.24 Å². The Morgan fingerprint density at radius 2 is 2.00 bits per heavy atom. The van der Waals surface area contributed by atoms with E-state index in [9.17, 15) is 4.79 Å². The van der Waals surface area contributed by atoms with Crippen molar-refractivity contribution in [1.82, 2.24) is 0 Å². The number of ketones is 1. The third-order valence-corrected chi connectivity index (χ3v) is 2.22. The standard InChI is InChI=1S/C12H13OP/c13-12(10-14)9-5-4-8-11-6-2-1-3-7-11/h1-3,6-7H,5,9-10,14H2. The number of carbonyl (C=O) groups is 1. The Morgan fingerprint density at radius 3 is 2.64 bits per heavy atom.